The third kappa shape index (κ3) is 3.67. The van der Waals surface area contributed by atoms with Crippen molar-refractivity contribution < 1.29 is 14.3 Å². The first-order chi connectivity index (χ1) is 12.3. The minimum Gasteiger partial charge on any atom is -0.491 e. The molecule has 128 valence electrons. The number of aromatic amines is 1. The summed E-state index contributed by atoms with van der Waals surface area (Å²) in [5.41, 5.74) is 2.18. The first-order valence-electron chi connectivity index (χ1n) is 8.51. The maximum absolute atomic E-state index is 12.5. The van der Waals surface area contributed by atoms with E-state index in [4.69, 9.17) is 9.47 Å². The Kier molecular flexibility index (Phi) is 4.39. The molecule has 1 aromatic heterocycles. The highest BCUT2D eigenvalue weighted by Crippen LogP contribution is 2.21. The van der Waals surface area contributed by atoms with E-state index in [2.05, 4.69) is 10.3 Å². The van der Waals surface area contributed by atoms with Gasteiger partial charge < -0.3 is 19.8 Å². The lowest BCUT2D eigenvalue weighted by molar-refractivity contribution is 0.0680. The molecule has 0 aliphatic carbocycles. The molecule has 5 heteroatoms. The van der Waals surface area contributed by atoms with Gasteiger partial charge in [-0.1, -0.05) is 24.3 Å². The van der Waals surface area contributed by atoms with Gasteiger partial charge in [-0.05, 0) is 37.1 Å². The number of anilines is 1. The number of hydrogen-bond acceptors (Lipinski definition) is 3. The zero-order valence-electron chi connectivity index (χ0n) is 13.8. The van der Waals surface area contributed by atoms with Gasteiger partial charge in [0.05, 0.1) is 6.10 Å². The molecular formula is C20H20N2O3. The van der Waals surface area contributed by atoms with E-state index < -0.39 is 0 Å². The Labute approximate surface area is 146 Å². The Morgan fingerprint density at radius 3 is 2.96 bits per heavy atom. The molecule has 25 heavy (non-hydrogen) atoms. The first-order valence-corrected chi connectivity index (χ1v) is 8.51. The molecule has 0 saturated carbocycles. The minimum atomic E-state index is -0.174. The fraction of sp³-hybridized carbons (Fsp3) is 0.250. The molecule has 0 unspecified atom stereocenters. The zero-order valence-corrected chi connectivity index (χ0v) is 13.8. The number of amides is 1. The average Bonchev–Trinajstić information content (AvgIpc) is 3.29. The smallest absolute Gasteiger partial charge is 0.272 e. The molecule has 1 fully saturated rings. The highest BCUT2D eigenvalue weighted by molar-refractivity contribution is 6.05. The number of hydrogen-bond donors (Lipinski definition) is 2. The number of benzene rings is 2. The number of H-pyrrole nitrogens is 1. The summed E-state index contributed by atoms with van der Waals surface area (Å²) in [6, 6.07) is 17.1. The summed E-state index contributed by atoms with van der Waals surface area (Å²) >= 11 is 0. The Morgan fingerprint density at radius 2 is 2.12 bits per heavy atom. The van der Waals surface area contributed by atoms with Crippen LogP contribution in [0.15, 0.2) is 54.6 Å². The van der Waals surface area contributed by atoms with Gasteiger partial charge in [0.25, 0.3) is 5.91 Å². The monoisotopic (exact) mass is 336 g/mol. The molecule has 2 aromatic carbocycles. The summed E-state index contributed by atoms with van der Waals surface area (Å²) in [5.74, 6) is 0.553. The van der Waals surface area contributed by atoms with Gasteiger partial charge in [0, 0.05) is 29.3 Å². The van der Waals surface area contributed by atoms with Gasteiger partial charge in [0.15, 0.2) is 0 Å². The van der Waals surface area contributed by atoms with Crippen LogP contribution in [-0.2, 0) is 4.74 Å². The molecule has 0 radical (unpaired) electrons. The Bertz CT molecular complexity index is 848. The summed E-state index contributed by atoms with van der Waals surface area (Å²) in [6.07, 6.45) is 2.30. The van der Waals surface area contributed by atoms with Crippen molar-refractivity contribution in [1.82, 2.24) is 4.98 Å². The quantitative estimate of drug-likeness (QED) is 0.741. The van der Waals surface area contributed by atoms with Crippen molar-refractivity contribution in [2.75, 3.05) is 18.5 Å². The molecule has 2 heterocycles. The number of rotatable bonds is 5. The number of fused-ring (bicyclic) bond motifs is 1. The van der Waals surface area contributed by atoms with E-state index in [1.54, 1.807) is 0 Å². The van der Waals surface area contributed by atoms with Gasteiger partial charge in [-0.25, -0.2) is 0 Å². The van der Waals surface area contributed by atoms with Gasteiger partial charge in [-0.2, -0.15) is 0 Å². The van der Waals surface area contributed by atoms with Crippen LogP contribution in [0.4, 0.5) is 5.69 Å². The van der Waals surface area contributed by atoms with E-state index in [9.17, 15) is 4.79 Å². The lowest BCUT2D eigenvalue weighted by atomic mass is 10.2. The van der Waals surface area contributed by atoms with Gasteiger partial charge >= 0.3 is 0 Å². The summed E-state index contributed by atoms with van der Waals surface area (Å²) in [5, 5.41) is 3.92. The molecule has 1 saturated heterocycles. The molecule has 1 amide bonds. The normalized spacial score (nSPS) is 16.9. The van der Waals surface area contributed by atoms with E-state index in [0.29, 0.717) is 18.0 Å². The highest BCUT2D eigenvalue weighted by atomic mass is 16.5. The third-order valence-corrected chi connectivity index (χ3v) is 4.33. The number of carbonyl (C=O) groups is 1. The highest BCUT2D eigenvalue weighted by Gasteiger charge is 2.16. The molecule has 4 rings (SSSR count). The van der Waals surface area contributed by atoms with Crippen molar-refractivity contribution in [1.29, 1.82) is 0 Å². The predicted octanol–water partition coefficient (Wildman–Crippen LogP) is 3.98. The fourth-order valence-electron chi connectivity index (χ4n) is 3.02. The van der Waals surface area contributed by atoms with E-state index in [1.165, 1.54) is 0 Å². The molecule has 5 nitrogen and oxygen atoms in total. The summed E-state index contributed by atoms with van der Waals surface area (Å²) in [4.78, 5) is 15.6. The van der Waals surface area contributed by atoms with Crippen molar-refractivity contribution in [3.05, 3.63) is 60.3 Å². The Balaban J connectivity index is 1.42. The number of aromatic nitrogens is 1. The van der Waals surface area contributed by atoms with Gasteiger partial charge in [-0.15, -0.1) is 0 Å². The lowest BCUT2D eigenvalue weighted by Gasteiger charge is -2.12. The van der Waals surface area contributed by atoms with Crippen molar-refractivity contribution in [3.63, 3.8) is 0 Å². The van der Waals surface area contributed by atoms with Crippen LogP contribution in [-0.4, -0.2) is 30.2 Å². The SMILES string of the molecule is O=C(Nc1cccc(OC[C@H]2CCCO2)c1)c1cc2ccccc2[nH]1. The molecular weight excluding hydrogens is 316 g/mol. The molecule has 1 aliphatic rings. The average molecular weight is 336 g/mol. The first kappa shape index (κ1) is 15.7. The number of para-hydroxylation sites is 1. The van der Waals surface area contributed by atoms with Crippen LogP contribution in [0.3, 0.4) is 0 Å². The zero-order chi connectivity index (χ0) is 17.1. The van der Waals surface area contributed by atoms with E-state index >= 15 is 0 Å². The van der Waals surface area contributed by atoms with Crippen LogP contribution in [0.1, 0.15) is 23.3 Å². The van der Waals surface area contributed by atoms with Crippen molar-refractivity contribution in [2.24, 2.45) is 0 Å². The van der Waals surface area contributed by atoms with Crippen LogP contribution >= 0.6 is 0 Å². The third-order valence-electron chi connectivity index (χ3n) is 4.33. The number of nitrogens with one attached hydrogen (secondary N) is 2. The second-order valence-corrected chi connectivity index (χ2v) is 6.20. The Morgan fingerprint density at radius 1 is 1.20 bits per heavy atom. The summed E-state index contributed by atoms with van der Waals surface area (Å²) in [7, 11) is 0. The molecule has 3 aromatic rings. The van der Waals surface area contributed by atoms with E-state index in [1.807, 2.05) is 54.6 Å². The van der Waals surface area contributed by atoms with Crippen LogP contribution in [0, 0.1) is 0 Å². The van der Waals surface area contributed by atoms with Gasteiger partial charge in [-0.3, -0.25) is 4.79 Å². The standard InChI is InChI=1S/C20H20N2O3/c23-20(19-11-14-5-1-2-9-18(14)22-19)21-15-6-3-7-16(12-15)25-13-17-8-4-10-24-17/h1-3,5-7,9,11-12,17,22H,4,8,10,13H2,(H,21,23)/t17-/m1/s1. The van der Waals surface area contributed by atoms with Crippen molar-refractivity contribution in [2.45, 2.75) is 18.9 Å². The van der Waals surface area contributed by atoms with Crippen LogP contribution in [0.2, 0.25) is 0 Å². The van der Waals surface area contributed by atoms with Crippen molar-refractivity contribution in [3.8, 4) is 5.75 Å². The minimum absolute atomic E-state index is 0.171. The number of carbonyl (C=O) groups excluding carboxylic acids is 1. The van der Waals surface area contributed by atoms with Gasteiger partial charge in [0.2, 0.25) is 0 Å². The maximum Gasteiger partial charge on any atom is 0.272 e. The van der Waals surface area contributed by atoms with Crippen molar-refractivity contribution >= 4 is 22.5 Å². The largest absolute Gasteiger partial charge is 0.491 e. The van der Waals surface area contributed by atoms with Gasteiger partial charge in [0.1, 0.15) is 18.1 Å². The second kappa shape index (κ2) is 6.99. The van der Waals surface area contributed by atoms with E-state index in [-0.39, 0.29) is 12.0 Å². The fourth-order valence-corrected chi connectivity index (χ4v) is 3.02. The predicted molar refractivity (Wildman–Crippen MR) is 97.2 cm³/mol. The van der Waals surface area contributed by atoms with Crippen LogP contribution < -0.4 is 10.1 Å². The molecule has 0 spiro atoms. The van der Waals surface area contributed by atoms with Crippen LogP contribution in [0.25, 0.3) is 10.9 Å². The summed E-state index contributed by atoms with van der Waals surface area (Å²) in [6.45, 7) is 1.36. The lowest BCUT2D eigenvalue weighted by Crippen LogP contribution is -2.16. The van der Waals surface area contributed by atoms with E-state index in [0.717, 1.165) is 36.1 Å². The Hall–Kier alpha value is -2.79. The molecule has 0 bridgehead atoms. The maximum atomic E-state index is 12.5. The number of ether oxygens (including phenoxy) is 2. The summed E-state index contributed by atoms with van der Waals surface area (Å²) < 4.78 is 11.3. The molecule has 1 aliphatic heterocycles. The van der Waals surface area contributed by atoms with Crippen LogP contribution in [0.5, 0.6) is 5.75 Å². The molecule has 2 N–H and O–H groups in total. The molecule has 1 atom stereocenters. The second-order valence-electron chi connectivity index (χ2n) is 6.20. The topological polar surface area (TPSA) is 63.4 Å².